The summed E-state index contributed by atoms with van der Waals surface area (Å²) in [7, 11) is 18.0. The zero-order valence-corrected chi connectivity index (χ0v) is 14.1. The molecule has 6 heteroatoms. The number of fused-ring (bicyclic) bond motifs is 1. The van der Waals surface area contributed by atoms with Crippen LogP contribution in [0.1, 0.15) is 24.8 Å². The van der Waals surface area contributed by atoms with E-state index in [1.165, 1.54) is 0 Å². The summed E-state index contributed by atoms with van der Waals surface area (Å²) in [6, 6.07) is 5.91. The molecule has 0 spiro atoms. The van der Waals surface area contributed by atoms with Gasteiger partial charge in [-0.05, 0) is 50.6 Å². The van der Waals surface area contributed by atoms with Crippen molar-refractivity contribution in [2.75, 3.05) is 27.8 Å². The largest absolute Gasteiger partial charge is 0.493 e. The van der Waals surface area contributed by atoms with E-state index in [2.05, 4.69) is 11.0 Å². The van der Waals surface area contributed by atoms with Crippen LogP contribution in [0.3, 0.4) is 0 Å². The number of aliphatic hydroxyl groups excluding tert-OH is 1. The van der Waals surface area contributed by atoms with Crippen molar-refractivity contribution in [3.8, 4) is 11.5 Å². The third kappa shape index (κ3) is 2.38. The number of ether oxygens (including phenoxy) is 2. The quantitative estimate of drug-likeness (QED) is 0.853. The molecule has 2 unspecified atom stereocenters. The van der Waals surface area contributed by atoms with Gasteiger partial charge in [-0.3, -0.25) is 0 Å². The standard InChI is InChI=1S/C17H23B2NO3/c1-20-9-8-16(7-6-14(21)17(18,19)15(16)20)11-4-5-12(22-2)13(10-11)23-3/h4-5,10,14-15,21H,6-9H2,1-3H3/t14?,15?,16-/m0/s1. The van der Waals surface area contributed by atoms with Crippen molar-refractivity contribution in [1.29, 1.82) is 0 Å². The van der Waals surface area contributed by atoms with Gasteiger partial charge in [0.2, 0.25) is 0 Å². The molecule has 2 fully saturated rings. The third-order valence-electron chi connectivity index (χ3n) is 5.75. The maximum atomic E-state index is 10.3. The van der Waals surface area contributed by atoms with E-state index < -0.39 is 11.3 Å². The Kier molecular flexibility index (Phi) is 4.18. The van der Waals surface area contributed by atoms with Crippen molar-refractivity contribution >= 4 is 15.7 Å². The number of likely N-dealkylation sites (tertiary alicyclic amines) is 1. The number of aliphatic hydroxyl groups is 1. The predicted molar refractivity (Wildman–Crippen MR) is 91.7 cm³/mol. The van der Waals surface area contributed by atoms with Gasteiger partial charge in [0, 0.05) is 17.6 Å². The lowest BCUT2D eigenvalue weighted by atomic mass is 9.39. The van der Waals surface area contributed by atoms with Crippen LogP contribution < -0.4 is 9.47 Å². The van der Waals surface area contributed by atoms with Gasteiger partial charge in [0.15, 0.2) is 11.5 Å². The summed E-state index contributed by atoms with van der Waals surface area (Å²) in [5, 5.41) is 9.20. The highest BCUT2D eigenvalue weighted by atomic mass is 16.5. The van der Waals surface area contributed by atoms with E-state index in [-0.39, 0.29) is 11.5 Å². The predicted octanol–water partition coefficient (Wildman–Crippen LogP) is 1.25. The van der Waals surface area contributed by atoms with Gasteiger partial charge in [-0.1, -0.05) is 11.3 Å². The molecule has 2 aliphatic rings. The number of methoxy groups -OCH3 is 2. The van der Waals surface area contributed by atoms with E-state index in [0.717, 1.165) is 24.9 Å². The summed E-state index contributed by atoms with van der Waals surface area (Å²) < 4.78 is 10.8. The Morgan fingerprint density at radius 3 is 2.52 bits per heavy atom. The molecule has 0 aromatic heterocycles. The first-order chi connectivity index (χ1) is 10.9. The van der Waals surface area contributed by atoms with Gasteiger partial charge in [0.25, 0.3) is 0 Å². The third-order valence-corrected chi connectivity index (χ3v) is 5.75. The molecule has 1 aliphatic carbocycles. The Morgan fingerprint density at radius 1 is 1.17 bits per heavy atom. The Labute approximate surface area is 141 Å². The minimum atomic E-state index is -1.13. The average Bonchev–Trinajstić information content (AvgIpc) is 2.90. The second-order valence-electron chi connectivity index (χ2n) is 6.91. The molecule has 1 aromatic rings. The fourth-order valence-corrected chi connectivity index (χ4v) is 4.60. The van der Waals surface area contributed by atoms with Gasteiger partial charge in [-0.2, -0.15) is 0 Å². The van der Waals surface area contributed by atoms with E-state index in [4.69, 9.17) is 25.2 Å². The molecule has 0 bridgehead atoms. The zero-order chi connectivity index (χ0) is 16.8. The molecule has 1 aliphatic heterocycles. The van der Waals surface area contributed by atoms with Gasteiger partial charge in [0.1, 0.15) is 0 Å². The highest BCUT2D eigenvalue weighted by Gasteiger charge is 2.57. The molecule has 23 heavy (non-hydrogen) atoms. The van der Waals surface area contributed by atoms with Crippen LogP contribution in [0, 0.1) is 0 Å². The topological polar surface area (TPSA) is 41.9 Å². The van der Waals surface area contributed by atoms with Crippen molar-refractivity contribution in [2.45, 2.75) is 42.0 Å². The van der Waals surface area contributed by atoms with Gasteiger partial charge in [0.05, 0.1) is 29.9 Å². The molecular formula is C17H23B2NO3. The lowest BCUT2D eigenvalue weighted by Gasteiger charge is -2.54. The van der Waals surface area contributed by atoms with Crippen molar-refractivity contribution < 1.29 is 14.6 Å². The normalized spacial score (nSPS) is 33.2. The van der Waals surface area contributed by atoms with E-state index in [1.807, 2.05) is 19.2 Å². The maximum Gasteiger partial charge on any atom is 0.161 e. The minimum absolute atomic E-state index is 0.114. The molecule has 0 amide bonds. The molecule has 1 aromatic carbocycles. The second-order valence-corrected chi connectivity index (χ2v) is 6.91. The van der Waals surface area contributed by atoms with Crippen molar-refractivity contribution in [3.63, 3.8) is 0 Å². The smallest absolute Gasteiger partial charge is 0.161 e. The number of benzene rings is 1. The van der Waals surface area contributed by atoms with Crippen LogP contribution >= 0.6 is 0 Å². The van der Waals surface area contributed by atoms with Gasteiger partial charge < -0.3 is 19.5 Å². The lowest BCUT2D eigenvalue weighted by molar-refractivity contribution is 0.0406. The Morgan fingerprint density at radius 2 is 1.87 bits per heavy atom. The molecule has 1 N–H and O–H groups in total. The number of nitrogens with zero attached hydrogens (tertiary/aromatic N) is 1. The molecule has 1 saturated heterocycles. The van der Waals surface area contributed by atoms with Gasteiger partial charge in [-0.25, -0.2) is 0 Å². The summed E-state index contributed by atoms with van der Waals surface area (Å²) >= 11 is 0. The zero-order valence-electron chi connectivity index (χ0n) is 14.1. The Bertz CT molecular complexity index is 595. The first-order valence-electron chi connectivity index (χ1n) is 8.05. The van der Waals surface area contributed by atoms with Crippen LogP contribution in [-0.4, -0.2) is 65.7 Å². The lowest BCUT2D eigenvalue weighted by Crippen LogP contribution is -2.58. The van der Waals surface area contributed by atoms with Crippen LogP contribution in [-0.2, 0) is 5.41 Å². The number of hydrogen-bond acceptors (Lipinski definition) is 4. The molecule has 1 saturated carbocycles. The first-order valence-corrected chi connectivity index (χ1v) is 8.05. The van der Waals surface area contributed by atoms with E-state index in [0.29, 0.717) is 17.9 Å². The average molecular weight is 311 g/mol. The summed E-state index contributed by atoms with van der Waals surface area (Å²) in [6.45, 7) is 0.905. The second kappa shape index (κ2) is 5.75. The minimum Gasteiger partial charge on any atom is -0.493 e. The van der Waals surface area contributed by atoms with Crippen molar-refractivity contribution in [2.24, 2.45) is 0 Å². The van der Waals surface area contributed by atoms with E-state index >= 15 is 0 Å². The van der Waals surface area contributed by atoms with E-state index in [9.17, 15) is 5.11 Å². The van der Waals surface area contributed by atoms with Gasteiger partial charge >= 0.3 is 0 Å². The van der Waals surface area contributed by atoms with E-state index in [1.54, 1.807) is 14.2 Å². The monoisotopic (exact) mass is 311 g/mol. The highest BCUT2D eigenvalue weighted by molar-refractivity contribution is 6.41. The van der Waals surface area contributed by atoms with Crippen molar-refractivity contribution in [1.82, 2.24) is 4.90 Å². The summed E-state index contributed by atoms with van der Waals surface area (Å²) in [6.07, 6.45) is 1.73. The van der Waals surface area contributed by atoms with Crippen LogP contribution in [0.15, 0.2) is 18.2 Å². The number of likely N-dealkylation sites (N-methyl/N-ethyl adjacent to an activating group) is 1. The fourth-order valence-electron chi connectivity index (χ4n) is 4.60. The molecule has 3 rings (SSSR count). The fraction of sp³-hybridized carbons (Fsp3) is 0.647. The first kappa shape index (κ1) is 16.7. The Hall–Kier alpha value is -1.13. The van der Waals surface area contributed by atoms with Crippen LogP contribution in [0.2, 0.25) is 5.21 Å². The number of hydrogen-bond donors (Lipinski definition) is 1. The Balaban J connectivity index is 2.09. The van der Waals surface area contributed by atoms with Crippen LogP contribution in [0.25, 0.3) is 0 Å². The molecular weight excluding hydrogens is 288 g/mol. The van der Waals surface area contributed by atoms with Crippen molar-refractivity contribution in [3.05, 3.63) is 23.8 Å². The summed E-state index contributed by atoms with van der Waals surface area (Å²) in [5.74, 6) is 1.41. The maximum absolute atomic E-state index is 10.3. The molecule has 4 radical (unpaired) electrons. The van der Waals surface area contributed by atoms with Crippen LogP contribution in [0.5, 0.6) is 11.5 Å². The SMILES string of the molecule is [B]C1([B])C(O)CC[C@@]2(c3ccc(OC)c(OC)c3)CCN(C)C12. The molecule has 3 atom stereocenters. The summed E-state index contributed by atoms with van der Waals surface area (Å²) in [4.78, 5) is 2.18. The molecule has 4 nitrogen and oxygen atoms in total. The summed E-state index contributed by atoms with van der Waals surface area (Å²) in [5.41, 5.74) is 0.980. The highest BCUT2D eigenvalue weighted by Crippen LogP contribution is 2.56. The van der Waals surface area contributed by atoms with Gasteiger partial charge in [-0.15, -0.1) is 0 Å². The molecule has 1 heterocycles. The molecule has 120 valence electrons. The van der Waals surface area contributed by atoms with Crippen LogP contribution in [0.4, 0.5) is 0 Å². The number of rotatable bonds is 3.